The van der Waals surface area contributed by atoms with E-state index in [9.17, 15) is 9.59 Å². The van der Waals surface area contributed by atoms with Gasteiger partial charge in [-0.1, -0.05) is 31.2 Å². The molecule has 0 radical (unpaired) electrons. The minimum absolute atomic E-state index is 0.138. The summed E-state index contributed by atoms with van der Waals surface area (Å²) in [5.74, 6) is -0.560. The van der Waals surface area contributed by atoms with Gasteiger partial charge in [0.05, 0.1) is 19.1 Å². The molecule has 0 saturated carbocycles. The van der Waals surface area contributed by atoms with Crippen molar-refractivity contribution < 1.29 is 14.3 Å². The van der Waals surface area contributed by atoms with Gasteiger partial charge in [0.1, 0.15) is 5.00 Å². The number of esters is 1. The molecule has 0 aliphatic heterocycles. The van der Waals surface area contributed by atoms with Crippen molar-refractivity contribution in [1.82, 2.24) is 0 Å². The van der Waals surface area contributed by atoms with Gasteiger partial charge in [-0.15, -0.1) is 11.3 Å². The van der Waals surface area contributed by atoms with Gasteiger partial charge in [0.25, 0.3) is 0 Å². The standard InChI is InChI=1S/C18H21NO3S/c1-5-13-6-8-14(9-7-13)10-15(20)19-17-16(18(21)22-4)11(2)12(3)23-17/h6-9H,5,10H2,1-4H3,(H,19,20). The number of carbonyl (C=O) groups is 2. The summed E-state index contributed by atoms with van der Waals surface area (Å²) in [6.07, 6.45) is 1.25. The van der Waals surface area contributed by atoms with Crippen molar-refractivity contribution in [2.45, 2.75) is 33.6 Å². The number of amides is 1. The molecule has 1 aromatic heterocycles. The average Bonchev–Trinajstić information content (AvgIpc) is 2.81. The third kappa shape index (κ3) is 3.99. The zero-order valence-electron chi connectivity index (χ0n) is 13.9. The number of thiophene rings is 1. The molecule has 0 bridgehead atoms. The molecule has 4 nitrogen and oxygen atoms in total. The van der Waals surface area contributed by atoms with Crippen LogP contribution in [0.25, 0.3) is 0 Å². The Hall–Kier alpha value is -2.14. The lowest BCUT2D eigenvalue weighted by Crippen LogP contribution is -2.16. The first-order valence-corrected chi connectivity index (χ1v) is 8.33. The van der Waals surface area contributed by atoms with Crippen molar-refractivity contribution in [3.8, 4) is 0 Å². The molecule has 1 heterocycles. The van der Waals surface area contributed by atoms with Gasteiger partial charge in [0, 0.05) is 4.88 Å². The quantitative estimate of drug-likeness (QED) is 0.846. The first-order valence-electron chi connectivity index (χ1n) is 7.52. The van der Waals surface area contributed by atoms with Crippen LogP contribution in [0.3, 0.4) is 0 Å². The SMILES string of the molecule is CCc1ccc(CC(=O)Nc2sc(C)c(C)c2C(=O)OC)cc1. The average molecular weight is 331 g/mol. The fraction of sp³-hybridized carbons (Fsp3) is 0.333. The summed E-state index contributed by atoms with van der Waals surface area (Å²) < 4.78 is 4.81. The number of anilines is 1. The number of benzene rings is 1. The fourth-order valence-corrected chi connectivity index (χ4v) is 3.38. The number of hydrogen-bond donors (Lipinski definition) is 1. The first-order chi connectivity index (χ1) is 11.0. The minimum atomic E-state index is -0.422. The summed E-state index contributed by atoms with van der Waals surface area (Å²) in [4.78, 5) is 25.2. The first kappa shape index (κ1) is 17.2. The van der Waals surface area contributed by atoms with Crippen molar-refractivity contribution in [3.05, 3.63) is 51.4 Å². The Morgan fingerprint density at radius 1 is 1.13 bits per heavy atom. The van der Waals surface area contributed by atoms with Crippen LogP contribution in [0.15, 0.2) is 24.3 Å². The summed E-state index contributed by atoms with van der Waals surface area (Å²) in [7, 11) is 1.34. The molecule has 0 spiro atoms. The van der Waals surface area contributed by atoms with Crippen molar-refractivity contribution in [3.63, 3.8) is 0 Å². The summed E-state index contributed by atoms with van der Waals surface area (Å²) >= 11 is 1.40. The van der Waals surface area contributed by atoms with Crippen molar-refractivity contribution in [1.29, 1.82) is 0 Å². The molecule has 0 atom stereocenters. The van der Waals surface area contributed by atoms with Gasteiger partial charge in [0.15, 0.2) is 0 Å². The second-order valence-corrected chi connectivity index (χ2v) is 6.60. The van der Waals surface area contributed by atoms with E-state index in [0.717, 1.165) is 22.4 Å². The van der Waals surface area contributed by atoms with Crippen LogP contribution in [0.2, 0.25) is 0 Å². The maximum Gasteiger partial charge on any atom is 0.341 e. The number of ether oxygens (including phenoxy) is 1. The number of nitrogens with one attached hydrogen (secondary N) is 1. The van der Waals surface area contributed by atoms with E-state index in [1.54, 1.807) is 0 Å². The molecular weight excluding hydrogens is 310 g/mol. The Morgan fingerprint density at radius 2 is 1.74 bits per heavy atom. The van der Waals surface area contributed by atoms with Crippen LogP contribution < -0.4 is 5.32 Å². The van der Waals surface area contributed by atoms with Crippen LogP contribution in [0.4, 0.5) is 5.00 Å². The van der Waals surface area contributed by atoms with Crippen LogP contribution in [0, 0.1) is 13.8 Å². The van der Waals surface area contributed by atoms with Crippen molar-refractivity contribution >= 4 is 28.2 Å². The molecule has 2 aromatic rings. The van der Waals surface area contributed by atoms with Crippen LogP contribution in [0.1, 0.15) is 38.8 Å². The largest absolute Gasteiger partial charge is 0.465 e. The zero-order chi connectivity index (χ0) is 17.0. The number of hydrogen-bond acceptors (Lipinski definition) is 4. The Balaban J connectivity index is 2.13. The zero-order valence-corrected chi connectivity index (χ0v) is 14.7. The van der Waals surface area contributed by atoms with E-state index in [0.29, 0.717) is 10.6 Å². The number of methoxy groups -OCH3 is 1. The molecule has 1 amide bonds. The predicted octanol–water partition coefficient (Wildman–Crippen LogP) is 3.90. The lowest BCUT2D eigenvalue weighted by molar-refractivity contribution is -0.115. The molecule has 0 unspecified atom stereocenters. The van der Waals surface area contributed by atoms with Gasteiger partial charge in [0.2, 0.25) is 5.91 Å². The lowest BCUT2D eigenvalue weighted by Gasteiger charge is -2.07. The molecular formula is C18H21NO3S. The number of carbonyl (C=O) groups excluding carboxylic acids is 2. The van der Waals surface area contributed by atoms with E-state index in [-0.39, 0.29) is 12.3 Å². The molecule has 23 heavy (non-hydrogen) atoms. The molecule has 2 rings (SSSR count). The third-order valence-electron chi connectivity index (χ3n) is 3.82. The van der Waals surface area contributed by atoms with Crippen LogP contribution in [-0.2, 0) is 22.4 Å². The van der Waals surface area contributed by atoms with Gasteiger partial charge in [-0.2, -0.15) is 0 Å². The highest BCUT2D eigenvalue weighted by atomic mass is 32.1. The summed E-state index contributed by atoms with van der Waals surface area (Å²) in [6.45, 7) is 5.88. The topological polar surface area (TPSA) is 55.4 Å². The maximum absolute atomic E-state index is 12.3. The maximum atomic E-state index is 12.3. The molecule has 0 saturated heterocycles. The Morgan fingerprint density at radius 3 is 2.30 bits per heavy atom. The highest BCUT2D eigenvalue weighted by molar-refractivity contribution is 7.16. The normalized spacial score (nSPS) is 10.4. The summed E-state index contributed by atoms with van der Waals surface area (Å²) in [6, 6.07) is 7.99. The van der Waals surface area contributed by atoms with E-state index in [2.05, 4.69) is 12.2 Å². The highest BCUT2D eigenvalue weighted by Gasteiger charge is 2.21. The van der Waals surface area contributed by atoms with Gasteiger partial charge in [-0.05, 0) is 37.0 Å². The molecule has 0 fully saturated rings. The van der Waals surface area contributed by atoms with Gasteiger partial charge in [-0.3, -0.25) is 4.79 Å². The van der Waals surface area contributed by atoms with Gasteiger partial charge >= 0.3 is 5.97 Å². The highest BCUT2D eigenvalue weighted by Crippen LogP contribution is 2.33. The Labute approximate surface area is 140 Å². The minimum Gasteiger partial charge on any atom is -0.465 e. The van der Waals surface area contributed by atoms with E-state index in [1.165, 1.54) is 24.0 Å². The number of aryl methyl sites for hydroxylation is 2. The number of rotatable bonds is 5. The molecule has 0 aliphatic rings. The monoisotopic (exact) mass is 331 g/mol. The van der Waals surface area contributed by atoms with E-state index < -0.39 is 5.97 Å². The molecule has 1 N–H and O–H groups in total. The third-order valence-corrected chi connectivity index (χ3v) is 4.95. The molecule has 1 aromatic carbocycles. The summed E-state index contributed by atoms with van der Waals surface area (Å²) in [5.41, 5.74) is 3.49. The molecule has 122 valence electrons. The smallest absolute Gasteiger partial charge is 0.341 e. The van der Waals surface area contributed by atoms with Crippen molar-refractivity contribution in [2.75, 3.05) is 12.4 Å². The van der Waals surface area contributed by atoms with Gasteiger partial charge in [-0.25, -0.2) is 4.79 Å². The Kier molecular flexibility index (Phi) is 5.55. The summed E-state index contributed by atoms with van der Waals surface area (Å²) in [5, 5.41) is 3.40. The van der Waals surface area contributed by atoms with Crippen LogP contribution in [0.5, 0.6) is 0 Å². The molecule has 0 aliphatic carbocycles. The van der Waals surface area contributed by atoms with Crippen LogP contribution >= 0.6 is 11.3 Å². The second kappa shape index (κ2) is 7.42. The lowest BCUT2D eigenvalue weighted by atomic mass is 10.1. The van der Waals surface area contributed by atoms with E-state index in [4.69, 9.17) is 4.74 Å². The fourth-order valence-electron chi connectivity index (χ4n) is 2.31. The van der Waals surface area contributed by atoms with E-state index >= 15 is 0 Å². The van der Waals surface area contributed by atoms with E-state index in [1.807, 2.05) is 38.1 Å². The Bertz CT molecular complexity index is 717. The van der Waals surface area contributed by atoms with Gasteiger partial charge < -0.3 is 10.1 Å². The molecule has 5 heteroatoms. The predicted molar refractivity (Wildman–Crippen MR) is 93.3 cm³/mol. The van der Waals surface area contributed by atoms with Crippen LogP contribution in [-0.4, -0.2) is 19.0 Å². The van der Waals surface area contributed by atoms with Crippen molar-refractivity contribution in [2.24, 2.45) is 0 Å². The second-order valence-electron chi connectivity index (χ2n) is 5.37.